The number of ether oxygens (including phenoxy) is 1. The maximum atomic E-state index is 14.0. The van der Waals surface area contributed by atoms with Gasteiger partial charge in [0, 0.05) is 24.2 Å². The zero-order valence-electron chi connectivity index (χ0n) is 16.2. The molecule has 1 aliphatic carbocycles. The number of carbonyl (C=O) groups is 1. The van der Waals surface area contributed by atoms with Crippen LogP contribution in [0.15, 0.2) is 12.3 Å². The van der Waals surface area contributed by atoms with Crippen molar-refractivity contribution in [3.05, 3.63) is 29.2 Å². The van der Waals surface area contributed by atoms with Gasteiger partial charge in [-0.1, -0.05) is 0 Å². The van der Waals surface area contributed by atoms with E-state index in [1.54, 1.807) is 25.6 Å². The summed E-state index contributed by atoms with van der Waals surface area (Å²) >= 11 is 0. The van der Waals surface area contributed by atoms with Gasteiger partial charge in [-0.3, -0.25) is 9.48 Å². The predicted molar refractivity (Wildman–Crippen MR) is 98.1 cm³/mol. The van der Waals surface area contributed by atoms with Crippen LogP contribution in [0.5, 0.6) is 0 Å². The quantitative estimate of drug-likeness (QED) is 0.604. The molecule has 1 aliphatic rings. The molecular formula is C19H20F3N5O2. The van der Waals surface area contributed by atoms with Gasteiger partial charge in [-0.25, -0.2) is 9.67 Å². The zero-order chi connectivity index (χ0) is 20.9. The molecule has 0 amide bonds. The lowest BCUT2D eigenvalue weighted by Crippen LogP contribution is -2.15. The monoisotopic (exact) mass is 407 g/mol. The van der Waals surface area contributed by atoms with Gasteiger partial charge in [0.1, 0.15) is 6.54 Å². The van der Waals surface area contributed by atoms with Crippen molar-refractivity contribution in [2.24, 2.45) is 7.05 Å². The van der Waals surface area contributed by atoms with E-state index in [4.69, 9.17) is 4.74 Å². The van der Waals surface area contributed by atoms with Gasteiger partial charge in [0.15, 0.2) is 5.65 Å². The number of carbonyl (C=O) groups excluding carboxylic acids is 1. The Bertz CT molecular complexity index is 1100. The Morgan fingerprint density at radius 2 is 2.07 bits per heavy atom. The number of fused-ring (bicyclic) bond motifs is 1. The van der Waals surface area contributed by atoms with Crippen molar-refractivity contribution in [3.63, 3.8) is 0 Å². The van der Waals surface area contributed by atoms with E-state index in [1.807, 2.05) is 0 Å². The molecule has 0 radical (unpaired) electrons. The van der Waals surface area contributed by atoms with Crippen LogP contribution in [-0.4, -0.2) is 37.1 Å². The molecule has 0 spiro atoms. The highest BCUT2D eigenvalue weighted by atomic mass is 19.4. The number of pyridine rings is 1. The molecule has 1 fully saturated rings. The second-order valence-electron chi connectivity index (χ2n) is 7.14. The number of aryl methyl sites for hydroxylation is 1. The summed E-state index contributed by atoms with van der Waals surface area (Å²) in [6.07, 6.45) is -1.57. The Morgan fingerprint density at radius 1 is 1.34 bits per heavy atom. The van der Waals surface area contributed by atoms with Gasteiger partial charge in [-0.2, -0.15) is 23.4 Å². The van der Waals surface area contributed by atoms with E-state index >= 15 is 0 Å². The maximum Gasteiger partial charge on any atom is 0.417 e. The van der Waals surface area contributed by atoms with Gasteiger partial charge in [0.25, 0.3) is 0 Å². The molecular weight excluding hydrogens is 387 g/mol. The van der Waals surface area contributed by atoms with Crippen LogP contribution >= 0.6 is 0 Å². The van der Waals surface area contributed by atoms with Gasteiger partial charge < -0.3 is 4.74 Å². The summed E-state index contributed by atoms with van der Waals surface area (Å²) in [5, 5.41) is 8.41. The first-order chi connectivity index (χ1) is 13.7. The average Bonchev–Trinajstić information content (AvgIpc) is 3.36. The topological polar surface area (TPSA) is 74.8 Å². The molecule has 4 rings (SSSR count). The molecule has 10 heteroatoms. The fourth-order valence-corrected chi connectivity index (χ4v) is 3.39. The molecule has 154 valence electrons. The molecule has 0 aliphatic heterocycles. The Morgan fingerprint density at radius 3 is 2.62 bits per heavy atom. The molecule has 7 nitrogen and oxygen atoms in total. The lowest BCUT2D eigenvalue weighted by atomic mass is 10.0. The van der Waals surface area contributed by atoms with Gasteiger partial charge in [0.2, 0.25) is 0 Å². The second kappa shape index (κ2) is 6.85. The number of aromatic nitrogens is 5. The first-order valence-electron chi connectivity index (χ1n) is 9.34. The molecule has 0 aromatic carbocycles. The summed E-state index contributed by atoms with van der Waals surface area (Å²) in [6.45, 7) is 3.30. The standard InChI is InChI=1S/C19H20F3N5O2/c1-4-29-15(28)9-27-18-16(17(25-27)11-5-6-11)13(19(20,21)22)7-14(24-18)12-8-23-26(3)10(12)2/h7-8,11H,4-6,9H2,1-3H3. The van der Waals surface area contributed by atoms with Gasteiger partial charge >= 0.3 is 12.1 Å². The zero-order valence-corrected chi connectivity index (χ0v) is 16.2. The molecule has 0 atom stereocenters. The smallest absolute Gasteiger partial charge is 0.417 e. The van der Waals surface area contributed by atoms with E-state index in [2.05, 4.69) is 15.2 Å². The minimum absolute atomic E-state index is 0.0328. The largest absolute Gasteiger partial charge is 0.465 e. The van der Waals surface area contributed by atoms with Crippen molar-refractivity contribution < 1.29 is 22.7 Å². The normalized spacial score (nSPS) is 14.6. The molecule has 29 heavy (non-hydrogen) atoms. The highest BCUT2D eigenvalue weighted by molar-refractivity contribution is 5.87. The van der Waals surface area contributed by atoms with Crippen molar-refractivity contribution in [3.8, 4) is 11.3 Å². The molecule has 3 aromatic heterocycles. The molecule has 0 saturated heterocycles. The number of rotatable bonds is 5. The molecule has 1 saturated carbocycles. The maximum absolute atomic E-state index is 14.0. The van der Waals surface area contributed by atoms with Gasteiger partial charge in [-0.05, 0) is 32.8 Å². The van der Waals surface area contributed by atoms with Crippen LogP contribution in [0.1, 0.15) is 42.6 Å². The highest BCUT2D eigenvalue weighted by Gasteiger charge is 2.39. The summed E-state index contributed by atoms with van der Waals surface area (Å²) in [5.41, 5.74) is 0.910. The molecule has 0 bridgehead atoms. The summed E-state index contributed by atoms with van der Waals surface area (Å²) in [7, 11) is 1.71. The van der Waals surface area contributed by atoms with Crippen molar-refractivity contribution in [1.29, 1.82) is 0 Å². The van der Waals surface area contributed by atoms with Gasteiger partial charge in [0.05, 0.1) is 35.1 Å². The van der Waals surface area contributed by atoms with E-state index in [0.717, 1.165) is 18.9 Å². The molecule has 3 aromatic rings. The predicted octanol–water partition coefficient (Wildman–Crippen LogP) is 3.60. The summed E-state index contributed by atoms with van der Waals surface area (Å²) in [5.74, 6) is -0.618. The van der Waals surface area contributed by atoms with Crippen LogP contribution in [0.3, 0.4) is 0 Å². The minimum Gasteiger partial charge on any atom is -0.465 e. The lowest BCUT2D eigenvalue weighted by molar-refractivity contribution is -0.144. The van der Waals surface area contributed by atoms with E-state index in [9.17, 15) is 18.0 Å². The van der Waals surface area contributed by atoms with Crippen LogP contribution in [-0.2, 0) is 29.3 Å². The number of esters is 1. The minimum atomic E-state index is -4.59. The lowest BCUT2D eigenvalue weighted by Gasteiger charge is -2.12. The third-order valence-corrected chi connectivity index (χ3v) is 5.09. The van der Waals surface area contributed by atoms with Crippen molar-refractivity contribution in [1.82, 2.24) is 24.5 Å². The summed E-state index contributed by atoms with van der Waals surface area (Å²) in [4.78, 5) is 16.5. The third kappa shape index (κ3) is 3.47. The van der Waals surface area contributed by atoms with Crippen LogP contribution in [0, 0.1) is 6.92 Å². The first-order valence-corrected chi connectivity index (χ1v) is 9.34. The Hall–Kier alpha value is -2.91. The number of hydrogen-bond acceptors (Lipinski definition) is 5. The number of halogens is 3. The molecule has 0 unspecified atom stereocenters. The summed E-state index contributed by atoms with van der Waals surface area (Å²) in [6, 6.07) is 1.05. The van der Waals surface area contributed by atoms with E-state index < -0.39 is 17.7 Å². The van der Waals surface area contributed by atoms with E-state index in [0.29, 0.717) is 17.0 Å². The van der Waals surface area contributed by atoms with Crippen LogP contribution < -0.4 is 0 Å². The summed E-state index contributed by atoms with van der Waals surface area (Å²) < 4.78 is 49.7. The van der Waals surface area contributed by atoms with Crippen LogP contribution in [0.25, 0.3) is 22.3 Å². The fraction of sp³-hybridized carbons (Fsp3) is 0.474. The number of nitrogens with zero attached hydrogens (tertiary/aromatic N) is 5. The Kier molecular flexibility index (Phi) is 4.59. The Labute approximate surface area is 164 Å². The first kappa shape index (κ1) is 19.4. The molecule has 0 N–H and O–H groups in total. The Balaban J connectivity index is 1.98. The number of alkyl halides is 3. The van der Waals surface area contributed by atoms with Crippen LogP contribution in [0.4, 0.5) is 13.2 Å². The SMILES string of the molecule is CCOC(=O)Cn1nc(C2CC2)c2c(C(F)(F)F)cc(-c3cnn(C)c3C)nc21. The van der Waals surface area contributed by atoms with Crippen LogP contribution in [0.2, 0.25) is 0 Å². The van der Waals surface area contributed by atoms with E-state index in [-0.39, 0.29) is 35.8 Å². The fourth-order valence-electron chi connectivity index (χ4n) is 3.39. The number of hydrogen-bond donors (Lipinski definition) is 0. The van der Waals surface area contributed by atoms with Gasteiger partial charge in [-0.15, -0.1) is 0 Å². The second-order valence-corrected chi connectivity index (χ2v) is 7.14. The van der Waals surface area contributed by atoms with Crippen molar-refractivity contribution >= 4 is 17.0 Å². The van der Waals surface area contributed by atoms with Crippen molar-refractivity contribution in [2.75, 3.05) is 6.61 Å². The third-order valence-electron chi connectivity index (χ3n) is 5.09. The van der Waals surface area contributed by atoms with E-state index in [1.165, 1.54) is 10.9 Å². The molecule has 3 heterocycles. The average molecular weight is 407 g/mol. The highest BCUT2D eigenvalue weighted by Crippen LogP contribution is 2.46. The van der Waals surface area contributed by atoms with Crippen molar-refractivity contribution in [2.45, 2.75) is 45.3 Å².